The Labute approximate surface area is 116 Å². The predicted octanol–water partition coefficient (Wildman–Crippen LogP) is 0.822. The number of carbonyl (C=O) groups excluding carboxylic acids is 1. The second-order valence-corrected chi connectivity index (χ2v) is 7.32. The Morgan fingerprint density at radius 3 is 2.85 bits per heavy atom. The topological polar surface area (TPSA) is 83.1 Å². The lowest BCUT2D eigenvalue weighted by Crippen LogP contribution is -2.38. The number of carbonyl (C=O) groups is 1. The number of nitrogens with one attached hydrogen (secondary N) is 1. The van der Waals surface area contributed by atoms with Gasteiger partial charge in [0.1, 0.15) is 0 Å². The minimum atomic E-state index is -3.01. The van der Waals surface area contributed by atoms with Crippen molar-refractivity contribution in [3.63, 3.8) is 0 Å². The lowest BCUT2D eigenvalue weighted by atomic mass is 10.1. The van der Waals surface area contributed by atoms with Crippen molar-refractivity contribution >= 4 is 26.6 Å². The highest BCUT2D eigenvalue weighted by Crippen LogP contribution is 2.21. The van der Waals surface area contributed by atoms with Gasteiger partial charge in [0.05, 0.1) is 17.0 Å². The summed E-state index contributed by atoms with van der Waals surface area (Å²) >= 11 is 0. The summed E-state index contributed by atoms with van der Waals surface area (Å²) in [5.74, 6) is -0.0571. The van der Waals surface area contributed by atoms with Gasteiger partial charge in [-0.3, -0.25) is 9.89 Å². The number of hydrogen-bond acceptors (Lipinski definition) is 4. The zero-order valence-electron chi connectivity index (χ0n) is 11.0. The summed E-state index contributed by atoms with van der Waals surface area (Å²) in [6.07, 6.45) is 0.493. The van der Waals surface area contributed by atoms with Gasteiger partial charge in [-0.25, -0.2) is 8.42 Å². The highest BCUT2D eigenvalue weighted by atomic mass is 32.2. The van der Waals surface area contributed by atoms with Gasteiger partial charge in [-0.1, -0.05) is 18.2 Å². The van der Waals surface area contributed by atoms with Crippen LogP contribution < -0.4 is 0 Å². The Hall–Kier alpha value is -1.89. The molecule has 20 heavy (non-hydrogen) atoms. The van der Waals surface area contributed by atoms with Crippen LogP contribution in [0.1, 0.15) is 16.9 Å². The highest BCUT2D eigenvalue weighted by Gasteiger charge is 2.34. The molecular formula is C13H15N3O3S. The average molecular weight is 293 g/mol. The molecule has 0 spiro atoms. The molecule has 1 aliphatic heterocycles. The van der Waals surface area contributed by atoms with Crippen molar-refractivity contribution in [3.8, 4) is 0 Å². The summed E-state index contributed by atoms with van der Waals surface area (Å²) in [5, 5.41) is 7.63. The molecule has 6 nitrogen and oxygen atoms in total. The van der Waals surface area contributed by atoms with Crippen LogP contribution in [0.25, 0.3) is 10.9 Å². The molecule has 3 rings (SSSR count). The normalized spacial score (nSPS) is 21.1. The number of fused-ring (bicyclic) bond motifs is 1. The van der Waals surface area contributed by atoms with E-state index in [9.17, 15) is 13.2 Å². The zero-order valence-corrected chi connectivity index (χ0v) is 11.9. The van der Waals surface area contributed by atoms with Crippen molar-refractivity contribution in [1.29, 1.82) is 0 Å². The molecule has 0 saturated carbocycles. The van der Waals surface area contributed by atoms with E-state index in [1.807, 2.05) is 24.3 Å². The number of sulfone groups is 1. The molecule has 1 saturated heterocycles. The third kappa shape index (κ3) is 2.18. The Morgan fingerprint density at radius 1 is 1.40 bits per heavy atom. The minimum absolute atomic E-state index is 0.0393. The third-order valence-electron chi connectivity index (χ3n) is 3.75. The van der Waals surface area contributed by atoms with Crippen LogP contribution >= 0.6 is 0 Å². The number of aromatic amines is 1. The molecule has 1 unspecified atom stereocenters. The van der Waals surface area contributed by atoms with E-state index in [2.05, 4.69) is 10.2 Å². The molecule has 106 valence electrons. The fourth-order valence-electron chi connectivity index (χ4n) is 2.54. The minimum Gasteiger partial charge on any atom is -0.336 e. The molecule has 2 heterocycles. The lowest BCUT2D eigenvalue weighted by molar-refractivity contribution is 0.0743. The molecule has 1 aromatic carbocycles. The quantitative estimate of drug-likeness (QED) is 0.888. The van der Waals surface area contributed by atoms with Crippen LogP contribution in [-0.4, -0.2) is 54.0 Å². The molecule has 1 aromatic heterocycles. The Kier molecular flexibility index (Phi) is 3.01. The van der Waals surface area contributed by atoms with E-state index in [1.54, 1.807) is 7.05 Å². The van der Waals surface area contributed by atoms with Crippen molar-refractivity contribution in [2.24, 2.45) is 0 Å². The first-order chi connectivity index (χ1) is 9.48. The van der Waals surface area contributed by atoms with Crippen LogP contribution in [0.15, 0.2) is 24.3 Å². The van der Waals surface area contributed by atoms with Crippen molar-refractivity contribution in [1.82, 2.24) is 15.1 Å². The molecule has 7 heteroatoms. The maximum absolute atomic E-state index is 12.5. The molecule has 1 N–H and O–H groups in total. The van der Waals surface area contributed by atoms with Crippen LogP contribution in [0, 0.1) is 0 Å². The molecule has 0 aliphatic carbocycles. The van der Waals surface area contributed by atoms with Gasteiger partial charge in [0.15, 0.2) is 15.5 Å². The number of hydrogen-bond donors (Lipinski definition) is 1. The van der Waals surface area contributed by atoms with E-state index in [1.165, 1.54) is 4.90 Å². The molecule has 1 amide bonds. The third-order valence-corrected chi connectivity index (χ3v) is 5.50. The van der Waals surface area contributed by atoms with E-state index in [-0.39, 0.29) is 23.5 Å². The Bertz CT molecular complexity index is 766. The van der Waals surface area contributed by atoms with Gasteiger partial charge in [0.2, 0.25) is 0 Å². The standard InChI is InChI=1S/C13H15N3O3S/c1-16(9-6-7-20(18,19)8-9)13(17)12-10-4-2-3-5-11(10)14-15-12/h2-5,9H,6-8H2,1H3,(H,14,15). The van der Waals surface area contributed by atoms with Gasteiger partial charge in [0.25, 0.3) is 5.91 Å². The molecule has 1 aliphatic rings. The van der Waals surface area contributed by atoms with Crippen molar-refractivity contribution in [2.75, 3.05) is 18.6 Å². The van der Waals surface area contributed by atoms with Crippen molar-refractivity contribution in [3.05, 3.63) is 30.0 Å². The lowest BCUT2D eigenvalue weighted by Gasteiger charge is -2.22. The average Bonchev–Trinajstić information content (AvgIpc) is 3.00. The molecule has 0 bridgehead atoms. The number of H-pyrrole nitrogens is 1. The fourth-order valence-corrected chi connectivity index (χ4v) is 4.31. The Balaban J connectivity index is 1.89. The predicted molar refractivity (Wildman–Crippen MR) is 75.2 cm³/mol. The monoisotopic (exact) mass is 293 g/mol. The summed E-state index contributed by atoms with van der Waals surface area (Å²) in [6.45, 7) is 0. The van der Waals surface area contributed by atoms with Gasteiger partial charge >= 0.3 is 0 Å². The Morgan fingerprint density at radius 2 is 2.15 bits per heavy atom. The van der Waals surface area contributed by atoms with Crippen LogP contribution in [0.3, 0.4) is 0 Å². The smallest absolute Gasteiger partial charge is 0.275 e. The van der Waals surface area contributed by atoms with Crippen LogP contribution in [0.5, 0.6) is 0 Å². The largest absolute Gasteiger partial charge is 0.336 e. The van der Waals surface area contributed by atoms with Crippen molar-refractivity contribution in [2.45, 2.75) is 12.5 Å². The van der Waals surface area contributed by atoms with E-state index in [0.717, 1.165) is 10.9 Å². The van der Waals surface area contributed by atoms with E-state index in [4.69, 9.17) is 0 Å². The maximum atomic E-state index is 12.5. The van der Waals surface area contributed by atoms with Gasteiger partial charge in [0, 0.05) is 18.5 Å². The number of rotatable bonds is 2. The first-order valence-corrected chi connectivity index (χ1v) is 8.21. The van der Waals surface area contributed by atoms with Gasteiger partial charge in [-0.2, -0.15) is 5.10 Å². The molecule has 1 fully saturated rings. The van der Waals surface area contributed by atoms with Gasteiger partial charge in [-0.15, -0.1) is 0 Å². The molecule has 2 aromatic rings. The van der Waals surface area contributed by atoms with Crippen LogP contribution in [-0.2, 0) is 9.84 Å². The van der Waals surface area contributed by atoms with E-state index in [0.29, 0.717) is 12.1 Å². The number of nitrogens with zero attached hydrogens (tertiary/aromatic N) is 2. The highest BCUT2D eigenvalue weighted by molar-refractivity contribution is 7.91. The number of amides is 1. The summed E-state index contributed by atoms with van der Waals surface area (Å²) in [4.78, 5) is 14.0. The second-order valence-electron chi connectivity index (χ2n) is 5.09. The first-order valence-electron chi connectivity index (χ1n) is 6.38. The second kappa shape index (κ2) is 4.59. The summed E-state index contributed by atoms with van der Waals surface area (Å²) in [6, 6.07) is 7.11. The summed E-state index contributed by atoms with van der Waals surface area (Å²) < 4.78 is 23.0. The maximum Gasteiger partial charge on any atom is 0.275 e. The fraction of sp³-hybridized carbons (Fsp3) is 0.385. The molecular weight excluding hydrogens is 278 g/mol. The summed E-state index contributed by atoms with van der Waals surface area (Å²) in [7, 11) is -1.37. The number of benzene rings is 1. The summed E-state index contributed by atoms with van der Waals surface area (Å²) in [5.41, 5.74) is 1.13. The number of aromatic nitrogens is 2. The van der Waals surface area contributed by atoms with Crippen molar-refractivity contribution < 1.29 is 13.2 Å². The number of para-hydroxylation sites is 1. The molecule has 1 atom stereocenters. The van der Waals surface area contributed by atoms with E-state index >= 15 is 0 Å². The SMILES string of the molecule is CN(C(=O)c1n[nH]c2ccccc12)C1CCS(=O)(=O)C1. The van der Waals surface area contributed by atoms with Crippen LogP contribution in [0.2, 0.25) is 0 Å². The molecule has 0 radical (unpaired) electrons. The van der Waals surface area contributed by atoms with Crippen LogP contribution in [0.4, 0.5) is 0 Å². The van der Waals surface area contributed by atoms with Gasteiger partial charge < -0.3 is 4.90 Å². The van der Waals surface area contributed by atoms with E-state index < -0.39 is 9.84 Å². The zero-order chi connectivity index (χ0) is 14.3. The first kappa shape index (κ1) is 13.1. The van der Waals surface area contributed by atoms with Gasteiger partial charge in [-0.05, 0) is 12.5 Å².